The highest BCUT2D eigenvalue weighted by molar-refractivity contribution is 5.76. The van der Waals surface area contributed by atoms with E-state index >= 15 is 0 Å². The monoisotopic (exact) mass is 324 g/mol. The summed E-state index contributed by atoms with van der Waals surface area (Å²) >= 11 is 0. The fraction of sp³-hybridized carbons (Fsp3) is 0.316. The molecule has 2 aromatic rings. The standard InChI is InChI=1S/C19H20N2O3/c22-17-6-4-12-5-7-19(23)21-16-11-20-10-15(16)13-2-1-3-14(9-13)24-18(17)8-12/h1-4,6,8-9,15-16,20,22H,5,7,10-11H2,(H,21,23)/t15-,16+/m0/s1. The quantitative estimate of drug-likeness (QED) is 0.695. The van der Waals surface area contributed by atoms with Crippen LogP contribution in [0, 0.1) is 0 Å². The molecule has 0 radical (unpaired) electrons. The van der Waals surface area contributed by atoms with Crippen molar-refractivity contribution < 1.29 is 14.6 Å². The molecule has 4 rings (SSSR count). The van der Waals surface area contributed by atoms with Crippen molar-refractivity contribution in [3.05, 3.63) is 53.6 Å². The van der Waals surface area contributed by atoms with Crippen LogP contribution in [0.15, 0.2) is 42.5 Å². The molecule has 5 nitrogen and oxygen atoms in total. The Hall–Kier alpha value is -2.53. The van der Waals surface area contributed by atoms with Crippen molar-refractivity contribution in [2.45, 2.75) is 24.8 Å². The molecule has 2 aliphatic heterocycles. The summed E-state index contributed by atoms with van der Waals surface area (Å²) in [5.41, 5.74) is 2.09. The lowest BCUT2D eigenvalue weighted by molar-refractivity contribution is -0.121. The number of fused-ring (bicyclic) bond motifs is 6. The molecule has 0 unspecified atom stereocenters. The van der Waals surface area contributed by atoms with Crippen molar-refractivity contribution in [1.82, 2.24) is 10.6 Å². The summed E-state index contributed by atoms with van der Waals surface area (Å²) in [5, 5.41) is 16.6. The largest absolute Gasteiger partial charge is 0.504 e. The fourth-order valence-corrected chi connectivity index (χ4v) is 3.45. The van der Waals surface area contributed by atoms with Gasteiger partial charge in [-0.2, -0.15) is 0 Å². The Morgan fingerprint density at radius 2 is 2.00 bits per heavy atom. The number of nitrogens with one attached hydrogen (secondary N) is 2. The average Bonchev–Trinajstić information content (AvgIpc) is 3.03. The summed E-state index contributed by atoms with van der Waals surface area (Å²) in [6, 6.07) is 13.2. The van der Waals surface area contributed by atoms with E-state index in [1.807, 2.05) is 24.3 Å². The Morgan fingerprint density at radius 1 is 1.08 bits per heavy atom. The van der Waals surface area contributed by atoms with E-state index in [-0.39, 0.29) is 23.6 Å². The molecule has 5 heteroatoms. The van der Waals surface area contributed by atoms with E-state index < -0.39 is 0 Å². The first kappa shape index (κ1) is 15.0. The van der Waals surface area contributed by atoms with Crippen LogP contribution in [0.25, 0.3) is 0 Å². The maximum absolute atomic E-state index is 12.3. The number of carbonyl (C=O) groups is 1. The van der Waals surface area contributed by atoms with Gasteiger partial charge in [-0.25, -0.2) is 0 Å². The first-order valence-electron chi connectivity index (χ1n) is 8.29. The molecule has 1 amide bonds. The van der Waals surface area contributed by atoms with Crippen LogP contribution >= 0.6 is 0 Å². The lowest BCUT2D eigenvalue weighted by Gasteiger charge is -2.20. The molecule has 2 aliphatic rings. The van der Waals surface area contributed by atoms with Crippen molar-refractivity contribution in [3.8, 4) is 17.2 Å². The van der Waals surface area contributed by atoms with Gasteiger partial charge in [0.2, 0.25) is 5.91 Å². The summed E-state index contributed by atoms with van der Waals surface area (Å²) in [6.45, 7) is 1.60. The molecule has 0 saturated carbocycles. The van der Waals surface area contributed by atoms with Crippen LogP contribution in [0.3, 0.4) is 0 Å². The fourth-order valence-electron chi connectivity index (χ4n) is 3.45. The summed E-state index contributed by atoms with van der Waals surface area (Å²) in [4.78, 5) is 12.3. The number of phenolic OH excluding ortho intramolecular Hbond substituents is 1. The van der Waals surface area contributed by atoms with Gasteiger partial charge in [-0.05, 0) is 41.8 Å². The lowest BCUT2D eigenvalue weighted by Crippen LogP contribution is -2.39. The van der Waals surface area contributed by atoms with Crippen molar-refractivity contribution in [2.75, 3.05) is 13.1 Å². The molecular formula is C19H20N2O3. The first-order chi connectivity index (χ1) is 11.7. The van der Waals surface area contributed by atoms with Gasteiger partial charge in [-0.3, -0.25) is 4.79 Å². The molecule has 2 heterocycles. The smallest absolute Gasteiger partial charge is 0.220 e. The second-order valence-electron chi connectivity index (χ2n) is 6.42. The SMILES string of the molecule is O=C1CCc2ccc(O)c(c2)Oc2cccc(c2)[C@@H]2CNC[C@H]2N1. The molecule has 24 heavy (non-hydrogen) atoms. The van der Waals surface area contributed by atoms with Crippen LogP contribution in [-0.2, 0) is 11.2 Å². The van der Waals surface area contributed by atoms with Crippen LogP contribution in [0.2, 0.25) is 0 Å². The van der Waals surface area contributed by atoms with Gasteiger partial charge in [0.25, 0.3) is 0 Å². The normalized spacial score (nSPS) is 23.1. The number of rotatable bonds is 0. The predicted molar refractivity (Wildman–Crippen MR) is 90.5 cm³/mol. The zero-order chi connectivity index (χ0) is 16.5. The highest BCUT2D eigenvalue weighted by Crippen LogP contribution is 2.34. The van der Waals surface area contributed by atoms with Crippen LogP contribution < -0.4 is 15.4 Å². The number of phenols is 1. The van der Waals surface area contributed by atoms with E-state index in [4.69, 9.17) is 4.74 Å². The van der Waals surface area contributed by atoms with Gasteiger partial charge in [0, 0.05) is 31.5 Å². The van der Waals surface area contributed by atoms with Crippen molar-refractivity contribution in [3.63, 3.8) is 0 Å². The van der Waals surface area contributed by atoms with Gasteiger partial charge >= 0.3 is 0 Å². The number of hydrogen-bond acceptors (Lipinski definition) is 4. The summed E-state index contributed by atoms with van der Waals surface area (Å²) in [7, 11) is 0. The van der Waals surface area contributed by atoms with Crippen LogP contribution in [-0.4, -0.2) is 30.1 Å². The third-order valence-electron chi connectivity index (χ3n) is 4.74. The predicted octanol–water partition coefficient (Wildman–Crippen LogP) is 2.30. The Kier molecular flexibility index (Phi) is 3.86. The third kappa shape index (κ3) is 2.95. The third-order valence-corrected chi connectivity index (χ3v) is 4.74. The van der Waals surface area contributed by atoms with E-state index in [0.717, 1.165) is 24.2 Å². The number of benzene rings is 2. The zero-order valence-electron chi connectivity index (χ0n) is 13.3. The molecule has 2 aromatic carbocycles. The van der Waals surface area contributed by atoms with E-state index in [2.05, 4.69) is 16.7 Å². The van der Waals surface area contributed by atoms with Crippen molar-refractivity contribution in [2.24, 2.45) is 0 Å². The van der Waals surface area contributed by atoms with Crippen molar-refractivity contribution in [1.29, 1.82) is 0 Å². The van der Waals surface area contributed by atoms with Crippen LogP contribution in [0.1, 0.15) is 23.5 Å². The topological polar surface area (TPSA) is 70.6 Å². The van der Waals surface area contributed by atoms with Gasteiger partial charge in [-0.15, -0.1) is 0 Å². The van der Waals surface area contributed by atoms with Crippen LogP contribution in [0.5, 0.6) is 17.2 Å². The minimum Gasteiger partial charge on any atom is -0.504 e. The van der Waals surface area contributed by atoms with E-state index in [1.165, 1.54) is 0 Å². The molecule has 1 saturated heterocycles. The molecule has 124 valence electrons. The molecule has 0 aromatic heterocycles. The van der Waals surface area contributed by atoms with Gasteiger partial charge in [0.1, 0.15) is 5.75 Å². The Labute approximate surface area is 140 Å². The number of carbonyl (C=O) groups excluding carboxylic acids is 1. The first-order valence-corrected chi connectivity index (χ1v) is 8.29. The number of aryl methyl sites for hydroxylation is 1. The Bertz CT molecular complexity index is 775. The van der Waals surface area contributed by atoms with Gasteiger partial charge in [0.05, 0.1) is 0 Å². The zero-order valence-corrected chi connectivity index (χ0v) is 13.3. The average molecular weight is 324 g/mol. The minimum atomic E-state index is 0.0552. The van der Waals surface area contributed by atoms with Gasteiger partial charge in [0.15, 0.2) is 11.5 Å². The Morgan fingerprint density at radius 3 is 2.92 bits per heavy atom. The molecule has 3 N–H and O–H groups in total. The minimum absolute atomic E-state index is 0.0552. The second kappa shape index (κ2) is 6.17. The summed E-state index contributed by atoms with van der Waals surface area (Å²) in [6.07, 6.45) is 1.04. The number of hydrogen-bond donors (Lipinski definition) is 3. The lowest BCUT2D eigenvalue weighted by atomic mass is 9.94. The summed E-state index contributed by atoms with van der Waals surface area (Å²) in [5.74, 6) is 1.49. The Balaban J connectivity index is 1.75. The molecule has 0 aliphatic carbocycles. The molecule has 0 spiro atoms. The number of aromatic hydroxyl groups is 1. The number of ether oxygens (including phenoxy) is 1. The van der Waals surface area contributed by atoms with E-state index in [0.29, 0.717) is 24.3 Å². The second-order valence-corrected chi connectivity index (χ2v) is 6.42. The van der Waals surface area contributed by atoms with Crippen LogP contribution in [0.4, 0.5) is 0 Å². The van der Waals surface area contributed by atoms with Gasteiger partial charge < -0.3 is 20.5 Å². The molecule has 1 fully saturated rings. The van der Waals surface area contributed by atoms with E-state index in [1.54, 1.807) is 12.1 Å². The summed E-state index contributed by atoms with van der Waals surface area (Å²) < 4.78 is 5.90. The van der Waals surface area contributed by atoms with Gasteiger partial charge in [-0.1, -0.05) is 18.2 Å². The maximum atomic E-state index is 12.3. The highest BCUT2D eigenvalue weighted by atomic mass is 16.5. The number of amides is 1. The highest BCUT2D eigenvalue weighted by Gasteiger charge is 2.30. The molecule has 4 bridgehead atoms. The maximum Gasteiger partial charge on any atom is 0.220 e. The molecule has 2 atom stereocenters. The van der Waals surface area contributed by atoms with Crippen molar-refractivity contribution >= 4 is 5.91 Å². The molecular weight excluding hydrogens is 304 g/mol. The van der Waals surface area contributed by atoms with E-state index in [9.17, 15) is 9.90 Å².